The average Bonchev–Trinajstić information content (AvgIpc) is 2.78. The second kappa shape index (κ2) is 5.35. The lowest BCUT2D eigenvalue weighted by Gasteiger charge is -2.20. The molecule has 2 rings (SSSR count). The summed E-state index contributed by atoms with van der Waals surface area (Å²) >= 11 is 0. The third-order valence-electron chi connectivity index (χ3n) is 3.59. The molecule has 1 fully saturated rings. The van der Waals surface area contributed by atoms with E-state index < -0.39 is 0 Å². The number of hydrogen-bond acceptors (Lipinski definition) is 4. The van der Waals surface area contributed by atoms with E-state index in [-0.39, 0.29) is 10.6 Å². The molecule has 1 N–H and O–H groups in total. The molecule has 1 heterocycles. The van der Waals surface area contributed by atoms with Crippen LogP contribution in [0.15, 0.2) is 18.2 Å². The molecule has 0 aliphatic carbocycles. The molecule has 5 heteroatoms. The van der Waals surface area contributed by atoms with Crippen molar-refractivity contribution in [3.63, 3.8) is 0 Å². The van der Waals surface area contributed by atoms with E-state index in [1.165, 1.54) is 0 Å². The fourth-order valence-electron chi connectivity index (χ4n) is 2.66. The van der Waals surface area contributed by atoms with Crippen molar-refractivity contribution in [2.24, 2.45) is 5.92 Å². The highest BCUT2D eigenvalue weighted by molar-refractivity contribution is 5.61. The minimum Gasteiger partial charge on any atom is -0.371 e. The van der Waals surface area contributed by atoms with Gasteiger partial charge in [-0.25, -0.2) is 0 Å². The van der Waals surface area contributed by atoms with Crippen LogP contribution in [0.2, 0.25) is 0 Å². The van der Waals surface area contributed by atoms with Crippen molar-refractivity contribution in [2.75, 3.05) is 31.6 Å². The van der Waals surface area contributed by atoms with Gasteiger partial charge in [0.25, 0.3) is 5.69 Å². The van der Waals surface area contributed by atoms with Crippen molar-refractivity contribution in [3.05, 3.63) is 33.9 Å². The summed E-state index contributed by atoms with van der Waals surface area (Å²) in [7, 11) is 1.96. The summed E-state index contributed by atoms with van der Waals surface area (Å²) in [6.45, 7) is 4.79. The first kappa shape index (κ1) is 12.8. The summed E-state index contributed by atoms with van der Waals surface area (Å²) in [4.78, 5) is 12.9. The van der Waals surface area contributed by atoms with E-state index in [1.807, 2.05) is 20.0 Å². The zero-order valence-corrected chi connectivity index (χ0v) is 10.8. The summed E-state index contributed by atoms with van der Waals surface area (Å²) in [5, 5.41) is 14.1. The highest BCUT2D eigenvalue weighted by Gasteiger charge is 2.25. The van der Waals surface area contributed by atoms with Gasteiger partial charge in [-0.2, -0.15) is 0 Å². The molecule has 1 aromatic rings. The lowest BCUT2D eigenvalue weighted by molar-refractivity contribution is -0.385. The van der Waals surface area contributed by atoms with Crippen molar-refractivity contribution in [3.8, 4) is 0 Å². The topological polar surface area (TPSA) is 58.4 Å². The second-order valence-corrected chi connectivity index (χ2v) is 4.84. The Morgan fingerprint density at radius 2 is 2.33 bits per heavy atom. The third-order valence-corrected chi connectivity index (χ3v) is 3.59. The summed E-state index contributed by atoms with van der Waals surface area (Å²) < 4.78 is 0. The Morgan fingerprint density at radius 3 is 3.00 bits per heavy atom. The van der Waals surface area contributed by atoms with E-state index >= 15 is 0 Å². The molecule has 1 unspecified atom stereocenters. The lowest BCUT2D eigenvalue weighted by atomic mass is 10.1. The van der Waals surface area contributed by atoms with E-state index in [1.54, 1.807) is 12.1 Å². The smallest absolute Gasteiger partial charge is 0.274 e. The quantitative estimate of drug-likeness (QED) is 0.654. The van der Waals surface area contributed by atoms with Crippen LogP contribution in [0.3, 0.4) is 0 Å². The molecule has 0 spiro atoms. The maximum Gasteiger partial charge on any atom is 0.274 e. The SMILES string of the molecule is CNCC1CCN(c2cccc([N+](=O)[O-])c2C)C1. The fourth-order valence-corrected chi connectivity index (χ4v) is 2.66. The van der Waals surface area contributed by atoms with Crippen LogP contribution in [0.5, 0.6) is 0 Å². The summed E-state index contributed by atoms with van der Waals surface area (Å²) in [5.41, 5.74) is 1.99. The van der Waals surface area contributed by atoms with Gasteiger partial charge >= 0.3 is 0 Å². The van der Waals surface area contributed by atoms with Gasteiger partial charge in [-0.1, -0.05) is 6.07 Å². The number of benzene rings is 1. The molecule has 1 aliphatic rings. The van der Waals surface area contributed by atoms with E-state index in [4.69, 9.17) is 0 Å². The van der Waals surface area contributed by atoms with Gasteiger partial charge in [-0.05, 0) is 38.9 Å². The Morgan fingerprint density at radius 1 is 1.56 bits per heavy atom. The maximum absolute atomic E-state index is 10.9. The predicted molar refractivity (Wildman–Crippen MR) is 72.1 cm³/mol. The van der Waals surface area contributed by atoms with Crippen molar-refractivity contribution in [1.29, 1.82) is 0 Å². The van der Waals surface area contributed by atoms with Crippen molar-refractivity contribution >= 4 is 11.4 Å². The van der Waals surface area contributed by atoms with Gasteiger partial charge in [0, 0.05) is 24.8 Å². The van der Waals surface area contributed by atoms with Gasteiger partial charge in [-0.3, -0.25) is 10.1 Å². The second-order valence-electron chi connectivity index (χ2n) is 4.84. The molecule has 1 atom stereocenters. The summed E-state index contributed by atoms with van der Waals surface area (Å²) in [6, 6.07) is 5.32. The molecule has 5 nitrogen and oxygen atoms in total. The van der Waals surface area contributed by atoms with Gasteiger partial charge in [0.05, 0.1) is 10.5 Å². The lowest BCUT2D eigenvalue weighted by Crippen LogP contribution is -2.24. The zero-order valence-electron chi connectivity index (χ0n) is 10.8. The van der Waals surface area contributed by atoms with Crippen LogP contribution in [0.4, 0.5) is 11.4 Å². The van der Waals surface area contributed by atoms with E-state index in [0.29, 0.717) is 5.92 Å². The monoisotopic (exact) mass is 249 g/mol. The number of hydrogen-bond donors (Lipinski definition) is 1. The number of nitrogens with zero attached hydrogens (tertiary/aromatic N) is 2. The largest absolute Gasteiger partial charge is 0.371 e. The predicted octanol–water partition coefficient (Wildman–Crippen LogP) is 1.95. The number of nitro groups is 1. The Hall–Kier alpha value is -1.62. The van der Waals surface area contributed by atoms with Crippen LogP contribution in [-0.2, 0) is 0 Å². The highest BCUT2D eigenvalue weighted by Crippen LogP contribution is 2.31. The molecule has 98 valence electrons. The minimum absolute atomic E-state index is 0.213. The standard InChI is InChI=1S/C13H19N3O2/c1-10-12(4-3-5-13(10)16(17)18)15-7-6-11(9-15)8-14-2/h3-5,11,14H,6-9H2,1-2H3. The zero-order chi connectivity index (χ0) is 13.1. The molecule has 0 aromatic heterocycles. The van der Waals surface area contributed by atoms with E-state index in [9.17, 15) is 10.1 Å². The van der Waals surface area contributed by atoms with Crippen LogP contribution < -0.4 is 10.2 Å². The highest BCUT2D eigenvalue weighted by atomic mass is 16.6. The Balaban J connectivity index is 2.19. The van der Waals surface area contributed by atoms with Crippen LogP contribution in [0.25, 0.3) is 0 Å². The molecule has 0 amide bonds. The maximum atomic E-state index is 10.9. The van der Waals surface area contributed by atoms with Gasteiger partial charge in [0.2, 0.25) is 0 Å². The van der Waals surface area contributed by atoms with Crippen molar-refractivity contribution in [1.82, 2.24) is 5.32 Å². The number of nitro benzene ring substituents is 1. The molecule has 0 saturated carbocycles. The van der Waals surface area contributed by atoms with Crippen LogP contribution in [0, 0.1) is 23.0 Å². The van der Waals surface area contributed by atoms with E-state index in [0.717, 1.165) is 37.3 Å². The van der Waals surface area contributed by atoms with Gasteiger partial charge in [0.15, 0.2) is 0 Å². The number of anilines is 1. The molecule has 18 heavy (non-hydrogen) atoms. The Labute approximate surface area is 107 Å². The number of nitrogens with one attached hydrogen (secondary N) is 1. The number of rotatable bonds is 4. The molecule has 1 aromatic carbocycles. The molecular formula is C13H19N3O2. The molecule has 1 saturated heterocycles. The van der Waals surface area contributed by atoms with Gasteiger partial charge < -0.3 is 10.2 Å². The van der Waals surface area contributed by atoms with Crippen LogP contribution in [0.1, 0.15) is 12.0 Å². The molecule has 1 aliphatic heterocycles. The summed E-state index contributed by atoms with van der Waals surface area (Å²) in [5.74, 6) is 0.633. The van der Waals surface area contributed by atoms with Crippen molar-refractivity contribution < 1.29 is 4.92 Å². The molecular weight excluding hydrogens is 230 g/mol. The first-order valence-corrected chi connectivity index (χ1v) is 6.27. The third kappa shape index (κ3) is 2.46. The summed E-state index contributed by atoms with van der Waals surface area (Å²) in [6.07, 6.45) is 1.14. The van der Waals surface area contributed by atoms with Crippen molar-refractivity contribution in [2.45, 2.75) is 13.3 Å². The first-order valence-electron chi connectivity index (χ1n) is 6.27. The Bertz CT molecular complexity index is 448. The first-order chi connectivity index (χ1) is 8.63. The molecule has 0 radical (unpaired) electrons. The van der Waals surface area contributed by atoms with Crippen LogP contribution >= 0.6 is 0 Å². The minimum atomic E-state index is -0.306. The average molecular weight is 249 g/mol. The van der Waals surface area contributed by atoms with Gasteiger partial charge in [-0.15, -0.1) is 0 Å². The van der Waals surface area contributed by atoms with Crippen LogP contribution in [-0.4, -0.2) is 31.6 Å². The van der Waals surface area contributed by atoms with Gasteiger partial charge in [0.1, 0.15) is 0 Å². The fraction of sp³-hybridized carbons (Fsp3) is 0.538. The Kier molecular flexibility index (Phi) is 3.81. The normalized spacial score (nSPS) is 19.2. The van der Waals surface area contributed by atoms with E-state index in [2.05, 4.69) is 10.2 Å². The molecule has 0 bridgehead atoms.